The molecule has 1 aliphatic rings. The lowest BCUT2D eigenvalue weighted by atomic mass is 10.2. The normalized spacial score (nSPS) is 17.3. The summed E-state index contributed by atoms with van der Waals surface area (Å²) >= 11 is 0. The predicted molar refractivity (Wildman–Crippen MR) is 64.4 cm³/mol. The molecule has 1 aliphatic heterocycles. The highest BCUT2D eigenvalue weighted by Crippen LogP contribution is 1.98. The molecule has 4 heteroatoms. The van der Waals surface area contributed by atoms with Gasteiger partial charge in [-0.2, -0.15) is 0 Å². The Hall–Kier alpha value is -0.610. The first-order valence-corrected chi connectivity index (χ1v) is 6.39. The van der Waals surface area contributed by atoms with E-state index in [4.69, 9.17) is 4.74 Å². The average molecular weight is 228 g/mol. The fourth-order valence-corrected chi connectivity index (χ4v) is 1.78. The highest BCUT2D eigenvalue weighted by Gasteiger charge is 2.11. The molecule has 0 aromatic heterocycles. The lowest BCUT2D eigenvalue weighted by molar-refractivity contribution is -0.121. The third-order valence-electron chi connectivity index (χ3n) is 2.86. The molecule has 0 radical (unpaired) electrons. The van der Waals surface area contributed by atoms with Crippen molar-refractivity contribution in [1.82, 2.24) is 10.2 Å². The second-order valence-electron chi connectivity index (χ2n) is 4.26. The van der Waals surface area contributed by atoms with Crippen molar-refractivity contribution in [2.24, 2.45) is 0 Å². The fraction of sp³-hybridized carbons (Fsp3) is 0.917. The number of nitrogens with zero attached hydrogens (tertiary/aromatic N) is 1. The van der Waals surface area contributed by atoms with Gasteiger partial charge >= 0.3 is 0 Å². The van der Waals surface area contributed by atoms with Gasteiger partial charge in [0.15, 0.2) is 0 Å². The summed E-state index contributed by atoms with van der Waals surface area (Å²) in [7, 11) is 0. The van der Waals surface area contributed by atoms with Gasteiger partial charge in [0.2, 0.25) is 5.91 Å². The van der Waals surface area contributed by atoms with Crippen LogP contribution in [-0.4, -0.2) is 50.2 Å². The molecule has 1 amide bonds. The summed E-state index contributed by atoms with van der Waals surface area (Å²) in [6.45, 7) is 7.39. The van der Waals surface area contributed by atoms with Gasteiger partial charge in [-0.25, -0.2) is 0 Å². The van der Waals surface area contributed by atoms with Crippen molar-refractivity contribution in [3.05, 3.63) is 0 Å². The second-order valence-corrected chi connectivity index (χ2v) is 4.26. The highest BCUT2D eigenvalue weighted by atomic mass is 16.5. The van der Waals surface area contributed by atoms with Gasteiger partial charge in [0, 0.05) is 32.6 Å². The maximum Gasteiger partial charge on any atom is 0.221 e. The van der Waals surface area contributed by atoms with Gasteiger partial charge in [0.05, 0.1) is 13.2 Å². The minimum absolute atomic E-state index is 0.183. The van der Waals surface area contributed by atoms with Crippen LogP contribution in [0.1, 0.15) is 32.6 Å². The van der Waals surface area contributed by atoms with Crippen LogP contribution in [0.15, 0.2) is 0 Å². The van der Waals surface area contributed by atoms with Crippen LogP contribution in [0.2, 0.25) is 0 Å². The zero-order valence-electron chi connectivity index (χ0n) is 10.3. The van der Waals surface area contributed by atoms with Gasteiger partial charge in [-0.1, -0.05) is 19.8 Å². The van der Waals surface area contributed by atoms with Gasteiger partial charge in [0.25, 0.3) is 0 Å². The molecule has 0 unspecified atom stereocenters. The Morgan fingerprint density at radius 2 is 2.06 bits per heavy atom. The number of morpholine rings is 1. The lowest BCUT2D eigenvalue weighted by Gasteiger charge is -2.26. The molecular formula is C12H24N2O2. The van der Waals surface area contributed by atoms with Crippen molar-refractivity contribution in [1.29, 1.82) is 0 Å². The summed E-state index contributed by atoms with van der Waals surface area (Å²) in [6.07, 6.45) is 4.11. The Morgan fingerprint density at radius 3 is 2.75 bits per heavy atom. The molecule has 16 heavy (non-hydrogen) atoms. The summed E-state index contributed by atoms with van der Waals surface area (Å²) in [5.41, 5.74) is 0. The monoisotopic (exact) mass is 228 g/mol. The smallest absolute Gasteiger partial charge is 0.221 e. The van der Waals surface area contributed by atoms with Gasteiger partial charge < -0.3 is 10.1 Å². The van der Waals surface area contributed by atoms with Crippen molar-refractivity contribution < 1.29 is 9.53 Å². The van der Waals surface area contributed by atoms with Crippen molar-refractivity contribution in [2.75, 3.05) is 39.4 Å². The minimum Gasteiger partial charge on any atom is -0.379 e. The number of carbonyl (C=O) groups is 1. The number of hydrogen-bond acceptors (Lipinski definition) is 3. The Morgan fingerprint density at radius 1 is 1.31 bits per heavy atom. The quantitative estimate of drug-likeness (QED) is 0.661. The molecule has 0 bridgehead atoms. The predicted octanol–water partition coefficient (Wildman–Crippen LogP) is 1.02. The number of nitrogens with one attached hydrogen (secondary N) is 1. The van der Waals surface area contributed by atoms with Crippen LogP contribution in [0.3, 0.4) is 0 Å². The first-order chi connectivity index (χ1) is 7.83. The van der Waals surface area contributed by atoms with Crippen LogP contribution in [0, 0.1) is 0 Å². The molecule has 1 fully saturated rings. The van der Waals surface area contributed by atoms with Gasteiger partial charge in [0.1, 0.15) is 0 Å². The Kier molecular flexibility index (Phi) is 7.17. The summed E-state index contributed by atoms with van der Waals surface area (Å²) < 4.78 is 5.26. The Balaban J connectivity index is 1.96. The van der Waals surface area contributed by atoms with Crippen LogP contribution in [-0.2, 0) is 9.53 Å². The van der Waals surface area contributed by atoms with Crippen LogP contribution >= 0.6 is 0 Å². The van der Waals surface area contributed by atoms with E-state index in [1.54, 1.807) is 0 Å². The second kappa shape index (κ2) is 8.53. The number of ether oxygens (including phenoxy) is 1. The molecule has 94 valence electrons. The van der Waals surface area contributed by atoms with Crippen LogP contribution in [0.5, 0.6) is 0 Å². The number of unbranched alkanes of at least 4 members (excludes halogenated alkanes) is 2. The van der Waals surface area contributed by atoms with Crippen LogP contribution < -0.4 is 5.32 Å². The maximum atomic E-state index is 11.5. The Bertz CT molecular complexity index is 191. The molecule has 0 aromatic rings. The molecule has 1 saturated heterocycles. The van der Waals surface area contributed by atoms with Crippen molar-refractivity contribution >= 4 is 5.91 Å². The number of amides is 1. The van der Waals surface area contributed by atoms with Crippen LogP contribution in [0.4, 0.5) is 0 Å². The van der Waals surface area contributed by atoms with E-state index in [1.165, 1.54) is 12.8 Å². The topological polar surface area (TPSA) is 41.6 Å². The molecule has 4 nitrogen and oxygen atoms in total. The molecule has 1 N–H and O–H groups in total. The zero-order chi connectivity index (χ0) is 11.6. The fourth-order valence-electron chi connectivity index (χ4n) is 1.78. The van der Waals surface area contributed by atoms with E-state index in [0.717, 1.165) is 45.8 Å². The lowest BCUT2D eigenvalue weighted by Crippen LogP contribution is -2.38. The third kappa shape index (κ3) is 6.08. The van der Waals surface area contributed by atoms with Crippen molar-refractivity contribution in [3.63, 3.8) is 0 Å². The van der Waals surface area contributed by atoms with E-state index in [2.05, 4.69) is 17.1 Å². The summed E-state index contributed by atoms with van der Waals surface area (Å²) in [5, 5.41) is 2.96. The molecule has 0 aliphatic carbocycles. The largest absolute Gasteiger partial charge is 0.379 e. The van der Waals surface area contributed by atoms with Gasteiger partial charge in [-0.05, 0) is 6.42 Å². The minimum atomic E-state index is 0.183. The van der Waals surface area contributed by atoms with Crippen molar-refractivity contribution in [3.8, 4) is 0 Å². The first-order valence-electron chi connectivity index (χ1n) is 6.39. The third-order valence-corrected chi connectivity index (χ3v) is 2.86. The SMILES string of the molecule is CCCCCNC(=O)CCN1CCOCC1. The van der Waals surface area contributed by atoms with Gasteiger partial charge in [-0.3, -0.25) is 9.69 Å². The van der Waals surface area contributed by atoms with Gasteiger partial charge in [-0.15, -0.1) is 0 Å². The van der Waals surface area contributed by atoms with E-state index >= 15 is 0 Å². The standard InChI is InChI=1S/C12H24N2O2/c1-2-3-4-6-13-12(15)5-7-14-8-10-16-11-9-14/h2-11H2,1H3,(H,13,15). The zero-order valence-corrected chi connectivity index (χ0v) is 10.3. The van der Waals surface area contributed by atoms with E-state index < -0.39 is 0 Å². The average Bonchev–Trinajstić information content (AvgIpc) is 2.33. The van der Waals surface area contributed by atoms with Crippen molar-refractivity contribution in [2.45, 2.75) is 32.6 Å². The molecule has 0 saturated carbocycles. The molecule has 1 heterocycles. The molecule has 0 spiro atoms. The number of carbonyl (C=O) groups excluding carboxylic acids is 1. The Labute approximate surface area is 98.3 Å². The molecular weight excluding hydrogens is 204 g/mol. The maximum absolute atomic E-state index is 11.5. The van der Waals surface area contributed by atoms with E-state index in [-0.39, 0.29) is 5.91 Å². The van der Waals surface area contributed by atoms with E-state index in [0.29, 0.717) is 6.42 Å². The molecule has 0 atom stereocenters. The highest BCUT2D eigenvalue weighted by molar-refractivity contribution is 5.75. The van der Waals surface area contributed by atoms with E-state index in [1.807, 2.05) is 0 Å². The molecule has 1 rings (SSSR count). The van der Waals surface area contributed by atoms with Crippen LogP contribution in [0.25, 0.3) is 0 Å². The summed E-state index contributed by atoms with van der Waals surface area (Å²) in [4.78, 5) is 13.8. The summed E-state index contributed by atoms with van der Waals surface area (Å²) in [5.74, 6) is 0.183. The summed E-state index contributed by atoms with van der Waals surface area (Å²) in [6, 6.07) is 0. The first kappa shape index (κ1) is 13.5. The number of hydrogen-bond donors (Lipinski definition) is 1. The van der Waals surface area contributed by atoms with E-state index in [9.17, 15) is 4.79 Å². The molecule has 0 aromatic carbocycles. The number of rotatable bonds is 7.